The van der Waals surface area contributed by atoms with Crippen LogP contribution in [0.2, 0.25) is 0 Å². The van der Waals surface area contributed by atoms with Gasteiger partial charge in [0.25, 0.3) is 0 Å². The summed E-state index contributed by atoms with van der Waals surface area (Å²) < 4.78 is 6.47. The third kappa shape index (κ3) is 4.01. The third-order valence-electron chi connectivity index (χ3n) is 2.99. The van der Waals surface area contributed by atoms with E-state index in [2.05, 4.69) is 33.1 Å². The molecule has 0 aromatic heterocycles. The average molecular weight is 397 g/mol. The molecule has 2 rings (SSSR count). The molecule has 2 aromatic carbocycles. The number of amidine groups is 1. The first-order chi connectivity index (χ1) is 10.1. The van der Waals surface area contributed by atoms with Crippen LogP contribution in [0.25, 0.3) is 0 Å². The Kier molecular flexibility index (Phi) is 5.26. The second kappa shape index (κ2) is 7.16. The number of anilines is 1. The Bertz CT molecular complexity index is 642. The van der Waals surface area contributed by atoms with Crippen molar-refractivity contribution >= 4 is 34.1 Å². The number of rotatable bonds is 5. The van der Waals surface area contributed by atoms with Crippen molar-refractivity contribution in [3.8, 4) is 5.75 Å². The van der Waals surface area contributed by atoms with E-state index in [-0.39, 0.29) is 5.84 Å². The number of nitrogens with one attached hydrogen (secondary N) is 1. The zero-order chi connectivity index (χ0) is 15.2. The largest absolute Gasteiger partial charge is 0.496 e. The summed E-state index contributed by atoms with van der Waals surface area (Å²) in [6, 6.07) is 13.7. The van der Waals surface area contributed by atoms with E-state index in [0.29, 0.717) is 17.9 Å². The summed E-state index contributed by atoms with van der Waals surface area (Å²) in [6.45, 7) is 0.660. The van der Waals surface area contributed by atoms with Gasteiger partial charge in [0.05, 0.1) is 12.7 Å². The number of nitrogens with two attached hydrogens (primary N) is 1. The van der Waals surface area contributed by atoms with E-state index in [9.17, 15) is 0 Å². The van der Waals surface area contributed by atoms with E-state index in [1.807, 2.05) is 36.4 Å². The number of ether oxygens (including phenoxy) is 1. The molecule has 2 aromatic rings. The highest BCUT2D eigenvalue weighted by Crippen LogP contribution is 2.21. The molecule has 0 saturated heterocycles. The smallest absolute Gasteiger partial charge is 0.173 e. The first kappa shape index (κ1) is 15.4. The highest BCUT2D eigenvalue weighted by molar-refractivity contribution is 14.1. The van der Waals surface area contributed by atoms with Gasteiger partial charge in [0.15, 0.2) is 5.84 Å². The molecule has 0 bridgehead atoms. The molecule has 0 saturated carbocycles. The zero-order valence-electron chi connectivity index (χ0n) is 11.5. The van der Waals surface area contributed by atoms with Gasteiger partial charge in [-0.1, -0.05) is 11.2 Å². The lowest BCUT2D eigenvalue weighted by atomic mass is 10.1. The highest BCUT2D eigenvalue weighted by Gasteiger charge is 2.08. The summed E-state index contributed by atoms with van der Waals surface area (Å²) in [5.41, 5.74) is 8.26. The number of nitrogens with zero attached hydrogens (tertiary/aromatic N) is 1. The zero-order valence-corrected chi connectivity index (χ0v) is 13.7. The van der Waals surface area contributed by atoms with Crippen LogP contribution in [0, 0.1) is 3.57 Å². The Labute approximate surface area is 136 Å². The summed E-state index contributed by atoms with van der Waals surface area (Å²) >= 11 is 2.27. The molecule has 0 heterocycles. The molecule has 0 aliphatic heterocycles. The number of hydrogen-bond acceptors (Lipinski definition) is 4. The molecule has 0 atom stereocenters. The maximum atomic E-state index is 8.75. The van der Waals surface area contributed by atoms with Gasteiger partial charge in [-0.25, -0.2) is 0 Å². The van der Waals surface area contributed by atoms with E-state index in [1.165, 1.54) is 3.57 Å². The minimum absolute atomic E-state index is 0.0315. The van der Waals surface area contributed by atoms with Gasteiger partial charge in [0.1, 0.15) is 5.75 Å². The fourth-order valence-corrected chi connectivity index (χ4v) is 2.24. The van der Waals surface area contributed by atoms with Crippen LogP contribution in [-0.4, -0.2) is 18.2 Å². The SMILES string of the molecule is COc1cc(CNc2ccc(I)cc2)ccc1/C(N)=N/O. The predicted molar refractivity (Wildman–Crippen MR) is 92.0 cm³/mol. The number of hydrogen-bond donors (Lipinski definition) is 3. The van der Waals surface area contributed by atoms with Crippen LogP contribution >= 0.6 is 22.6 Å². The van der Waals surface area contributed by atoms with E-state index in [4.69, 9.17) is 15.7 Å². The average Bonchev–Trinajstić information content (AvgIpc) is 2.53. The van der Waals surface area contributed by atoms with Gasteiger partial charge < -0.3 is 21.0 Å². The lowest BCUT2D eigenvalue weighted by Crippen LogP contribution is -2.14. The predicted octanol–water partition coefficient (Wildman–Crippen LogP) is 3.01. The van der Waals surface area contributed by atoms with Gasteiger partial charge in [-0.2, -0.15) is 0 Å². The number of methoxy groups -OCH3 is 1. The second-order valence-corrected chi connectivity index (χ2v) is 5.63. The molecular weight excluding hydrogens is 381 g/mol. The van der Waals surface area contributed by atoms with E-state index >= 15 is 0 Å². The molecule has 0 amide bonds. The van der Waals surface area contributed by atoms with Gasteiger partial charge in [0.2, 0.25) is 0 Å². The third-order valence-corrected chi connectivity index (χ3v) is 3.71. The number of oxime groups is 1. The van der Waals surface area contributed by atoms with Crippen LogP contribution in [0.4, 0.5) is 5.69 Å². The first-order valence-electron chi connectivity index (χ1n) is 6.28. The van der Waals surface area contributed by atoms with Crippen LogP contribution in [0.1, 0.15) is 11.1 Å². The van der Waals surface area contributed by atoms with E-state index in [0.717, 1.165) is 11.3 Å². The van der Waals surface area contributed by atoms with Crippen molar-refractivity contribution in [3.05, 3.63) is 57.2 Å². The lowest BCUT2D eigenvalue weighted by Gasteiger charge is -2.11. The standard InChI is InChI=1S/C15H16IN3O2/c1-21-14-8-10(2-7-13(14)15(17)19-20)9-18-12-5-3-11(16)4-6-12/h2-8,18,20H,9H2,1H3,(H2,17,19). The molecule has 110 valence electrons. The molecule has 0 spiro atoms. The van der Waals surface area contributed by atoms with Gasteiger partial charge in [-0.3, -0.25) is 0 Å². The molecule has 0 fully saturated rings. The molecule has 5 nitrogen and oxygen atoms in total. The van der Waals surface area contributed by atoms with Crippen LogP contribution < -0.4 is 15.8 Å². The normalized spacial score (nSPS) is 11.2. The molecule has 4 N–H and O–H groups in total. The molecule has 0 aliphatic rings. The van der Waals surface area contributed by atoms with E-state index < -0.39 is 0 Å². The molecule has 0 unspecified atom stereocenters. The van der Waals surface area contributed by atoms with Crippen LogP contribution in [0.15, 0.2) is 47.6 Å². The minimum atomic E-state index is 0.0315. The first-order valence-corrected chi connectivity index (χ1v) is 7.36. The molecule has 0 radical (unpaired) electrons. The Hall–Kier alpha value is -1.96. The molecule has 21 heavy (non-hydrogen) atoms. The van der Waals surface area contributed by atoms with Crippen molar-refractivity contribution in [2.75, 3.05) is 12.4 Å². The molecule has 6 heteroatoms. The van der Waals surface area contributed by atoms with Crippen molar-refractivity contribution in [1.82, 2.24) is 0 Å². The Morgan fingerprint density at radius 1 is 1.29 bits per heavy atom. The van der Waals surface area contributed by atoms with Crippen molar-refractivity contribution in [2.45, 2.75) is 6.54 Å². The summed E-state index contributed by atoms with van der Waals surface area (Å²) in [4.78, 5) is 0. The van der Waals surface area contributed by atoms with Gasteiger partial charge in [-0.15, -0.1) is 0 Å². The summed E-state index contributed by atoms with van der Waals surface area (Å²) in [7, 11) is 1.56. The maximum absolute atomic E-state index is 8.75. The monoisotopic (exact) mass is 397 g/mol. The Morgan fingerprint density at radius 2 is 2.00 bits per heavy atom. The van der Waals surface area contributed by atoms with Crippen molar-refractivity contribution in [1.29, 1.82) is 0 Å². The fourth-order valence-electron chi connectivity index (χ4n) is 1.88. The highest BCUT2D eigenvalue weighted by atomic mass is 127. The molecular formula is C15H16IN3O2. The maximum Gasteiger partial charge on any atom is 0.173 e. The van der Waals surface area contributed by atoms with Gasteiger partial charge >= 0.3 is 0 Å². The van der Waals surface area contributed by atoms with Crippen molar-refractivity contribution in [2.24, 2.45) is 10.9 Å². The lowest BCUT2D eigenvalue weighted by molar-refractivity contribution is 0.318. The van der Waals surface area contributed by atoms with Crippen molar-refractivity contribution in [3.63, 3.8) is 0 Å². The van der Waals surface area contributed by atoms with E-state index in [1.54, 1.807) is 13.2 Å². The summed E-state index contributed by atoms with van der Waals surface area (Å²) in [6.07, 6.45) is 0. The minimum Gasteiger partial charge on any atom is -0.496 e. The van der Waals surface area contributed by atoms with Gasteiger partial charge in [0, 0.05) is 15.8 Å². The summed E-state index contributed by atoms with van der Waals surface area (Å²) in [5.74, 6) is 0.608. The van der Waals surface area contributed by atoms with Crippen LogP contribution in [0.5, 0.6) is 5.75 Å². The number of benzene rings is 2. The fraction of sp³-hybridized carbons (Fsp3) is 0.133. The second-order valence-electron chi connectivity index (χ2n) is 4.38. The topological polar surface area (TPSA) is 79.9 Å². The van der Waals surface area contributed by atoms with Crippen LogP contribution in [-0.2, 0) is 6.54 Å². The van der Waals surface area contributed by atoms with Crippen LogP contribution in [0.3, 0.4) is 0 Å². The molecule has 0 aliphatic carbocycles. The Balaban J connectivity index is 2.12. The number of halogens is 1. The van der Waals surface area contributed by atoms with Crippen molar-refractivity contribution < 1.29 is 9.94 Å². The van der Waals surface area contributed by atoms with Gasteiger partial charge in [-0.05, 0) is 64.6 Å². The Morgan fingerprint density at radius 3 is 2.62 bits per heavy atom. The summed E-state index contributed by atoms with van der Waals surface area (Å²) in [5, 5.41) is 15.1. The quantitative estimate of drug-likeness (QED) is 0.238.